The smallest absolute Gasteiger partial charge is 0.469 e. The van der Waals surface area contributed by atoms with Gasteiger partial charge in [-0.05, 0) is 0 Å². The second kappa shape index (κ2) is 6.07. The fraction of sp³-hybridized carbons (Fsp3) is 0.800. The van der Waals surface area contributed by atoms with Gasteiger partial charge < -0.3 is 25.3 Å². The van der Waals surface area contributed by atoms with E-state index in [4.69, 9.17) is 20.0 Å². The second-order valence-corrected chi connectivity index (χ2v) is 3.70. The summed E-state index contributed by atoms with van der Waals surface area (Å²) >= 11 is 0. The van der Waals surface area contributed by atoms with Crippen molar-refractivity contribution in [1.82, 2.24) is 5.32 Å². The standard InChI is InChI=1S/C5H12NO7P/c7-4(1-6-2-5(8)9)3-13-14(10,11)12/h4,6-7H,1-3H2,(H,8,9)(H2,10,11,12). The number of aliphatic hydroxyl groups is 1. The van der Waals surface area contributed by atoms with Crippen molar-refractivity contribution in [3.8, 4) is 0 Å². The summed E-state index contributed by atoms with van der Waals surface area (Å²) in [7, 11) is -4.57. The van der Waals surface area contributed by atoms with Crippen molar-refractivity contribution in [3.63, 3.8) is 0 Å². The first-order chi connectivity index (χ1) is 6.31. The predicted octanol–water partition coefficient (Wildman–Crippen LogP) is -1.87. The van der Waals surface area contributed by atoms with E-state index in [1.165, 1.54) is 0 Å². The number of aliphatic hydroxyl groups excluding tert-OH is 1. The minimum Gasteiger partial charge on any atom is -0.480 e. The monoisotopic (exact) mass is 229 g/mol. The Labute approximate surface area is 79.8 Å². The van der Waals surface area contributed by atoms with Crippen LogP contribution in [0.4, 0.5) is 0 Å². The minimum absolute atomic E-state index is 0.119. The average molecular weight is 229 g/mol. The van der Waals surface area contributed by atoms with Gasteiger partial charge in [-0.3, -0.25) is 9.32 Å². The average Bonchev–Trinajstić information content (AvgIpc) is 1.99. The maximum Gasteiger partial charge on any atom is 0.469 e. The lowest BCUT2D eigenvalue weighted by molar-refractivity contribution is -0.136. The summed E-state index contributed by atoms with van der Waals surface area (Å²) in [6, 6.07) is 0. The lowest BCUT2D eigenvalue weighted by Crippen LogP contribution is -2.33. The molecule has 0 aromatic heterocycles. The predicted molar refractivity (Wildman–Crippen MR) is 44.5 cm³/mol. The SMILES string of the molecule is O=C(O)CNCC(O)COP(=O)(O)O. The lowest BCUT2D eigenvalue weighted by atomic mass is 10.4. The number of carboxylic acid groups (broad SMARTS) is 1. The van der Waals surface area contributed by atoms with E-state index in [1.54, 1.807) is 0 Å². The van der Waals surface area contributed by atoms with Crippen molar-refractivity contribution in [2.24, 2.45) is 0 Å². The second-order valence-electron chi connectivity index (χ2n) is 2.46. The number of carbonyl (C=O) groups is 1. The minimum atomic E-state index is -4.57. The molecule has 1 atom stereocenters. The first-order valence-corrected chi connectivity index (χ1v) is 5.15. The summed E-state index contributed by atoms with van der Waals surface area (Å²) in [5.74, 6) is -1.09. The van der Waals surface area contributed by atoms with Crippen LogP contribution in [0.1, 0.15) is 0 Å². The van der Waals surface area contributed by atoms with Gasteiger partial charge in [0, 0.05) is 6.54 Å². The van der Waals surface area contributed by atoms with Gasteiger partial charge in [0.2, 0.25) is 0 Å². The van der Waals surface area contributed by atoms with Gasteiger partial charge in [0.05, 0.1) is 19.3 Å². The van der Waals surface area contributed by atoms with Crippen molar-refractivity contribution in [1.29, 1.82) is 0 Å². The zero-order chi connectivity index (χ0) is 11.2. The van der Waals surface area contributed by atoms with Crippen molar-refractivity contribution >= 4 is 13.8 Å². The molecular formula is C5H12NO7P. The van der Waals surface area contributed by atoms with E-state index in [9.17, 15) is 9.36 Å². The van der Waals surface area contributed by atoms with E-state index >= 15 is 0 Å². The van der Waals surface area contributed by atoms with E-state index < -0.39 is 26.5 Å². The highest BCUT2D eigenvalue weighted by Gasteiger charge is 2.16. The van der Waals surface area contributed by atoms with Crippen LogP contribution in [-0.4, -0.2) is 51.8 Å². The van der Waals surface area contributed by atoms with Crippen molar-refractivity contribution in [3.05, 3.63) is 0 Å². The third kappa shape index (κ3) is 9.59. The molecule has 5 N–H and O–H groups in total. The molecule has 0 heterocycles. The summed E-state index contributed by atoms with van der Waals surface area (Å²) < 4.78 is 14.1. The van der Waals surface area contributed by atoms with E-state index in [0.29, 0.717) is 0 Å². The van der Waals surface area contributed by atoms with Gasteiger partial charge in [-0.2, -0.15) is 0 Å². The maximum absolute atomic E-state index is 10.2. The molecule has 0 aromatic rings. The van der Waals surface area contributed by atoms with Gasteiger partial charge in [0.1, 0.15) is 0 Å². The molecule has 0 spiro atoms. The molecule has 0 aliphatic carbocycles. The Morgan fingerprint density at radius 3 is 2.50 bits per heavy atom. The highest BCUT2D eigenvalue weighted by molar-refractivity contribution is 7.46. The summed E-state index contributed by atoms with van der Waals surface area (Å²) in [4.78, 5) is 26.5. The van der Waals surface area contributed by atoms with Gasteiger partial charge in [-0.1, -0.05) is 0 Å². The first kappa shape index (κ1) is 13.5. The third-order valence-corrected chi connectivity index (χ3v) is 1.58. The number of phosphoric ester groups is 1. The molecule has 9 heteroatoms. The van der Waals surface area contributed by atoms with E-state index in [0.717, 1.165) is 0 Å². The molecule has 0 fully saturated rings. The first-order valence-electron chi connectivity index (χ1n) is 3.62. The van der Waals surface area contributed by atoms with Crippen LogP contribution in [0.3, 0.4) is 0 Å². The molecule has 8 nitrogen and oxygen atoms in total. The summed E-state index contributed by atoms with van der Waals surface area (Å²) in [6.45, 7) is -1.02. The zero-order valence-corrected chi connectivity index (χ0v) is 8.05. The van der Waals surface area contributed by atoms with Crippen molar-refractivity contribution in [2.45, 2.75) is 6.10 Å². The number of nitrogens with one attached hydrogen (secondary N) is 1. The molecule has 0 bridgehead atoms. The van der Waals surface area contributed by atoms with E-state index in [-0.39, 0.29) is 13.1 Å². The Kier molecular flexibility index (Phi) is 5.86. The molecule has 0 rings (SSSR count). The van der Waals surface area contributed by atoms with Gasteiger partial charge in [-0.15, -0.1) is 0 Å². The molecule has 0 saturated carbocycles. The highest BCUT2D eigenvalue weighted by Crippen LogP contribution is 2.35. The van der Waals surface area contributed by atoms with Gasteiger partial charge >= 0.3 is 13.8 Å². The van der Waals surface area contributed by atoms with Gasteiger partial charge in [-0.25, -0.2) is 4.57 Å². The quantitative estimate of drug-likeness (QED) is 0.320. The van der Waals surface area contributed by atoms with E-state index in [1.807, 2.05) is 0 Å². The molecule has 0 aliphatic heterocycles. The van der Waals surface area contributed by atoms with Crippen LogP contribution in [0.2, 0.25) is 0 Å². The number of hydrogen-bond donors (Lipinski definition) is 5. The van der Waals surface area contributed by atoms with Gasteiger partial charge in [0.15, 0.2) is 0 Å². The zero-order valence-electron chi connectivity index (χ0n) is 7.16. The fourth-order valence-electron chi connectivity index (χ4n) is 0.588. The Balaban J connectivity index is 3.51. The van der Waals surface area contributed by atoms with Crippen LogP contribution in [0.25, 0.3) is 0 Å². The molecule has 84 valence electrons. The number of hydrogen-bond acceptors (Lipinski definition) is 5. The van der Waals surface area contributed by atoms with Crippen LogP contribution in [0, 0.1) is 0 Å². The number of rotatable bonds is 7. The molecule has 0 radical (unpaired) electrons. The topological polar surface area (TPSA) is 136 Å². The Morgan fingerprint density at radius 1 is 1.50 bits per heavy atom. The van der Waals surface area contributed by atoms with Crippen molar-refractivity contribution < 1.29 is 33.9 Å². The largest absolute Gasteiger partial charge is 0.480 e. The van der Waals surface area contributed by atoms with Crippen LogP contribution >= 0.6 is 7.82 Å². The molecule has 0 aromatic carbocycles. The maximum atomic E-state index is 10.2. The van der Waals surface area contributed by atoms with E-state index in [2.05, 4.69) is 9.84 Å². The Bertz CT molecular complexity index is 226. The van der Waals surface area contributed by atoms with Crippen LogP contribution in [0.5, 0.6) is 0 Å². The summed E-state index contributed by atoms with van der Waals surface area (Å²) in [6.07, 6.45) is -1.16. The molecule has 14 heavy (non-hydrogen) atoms. The molecule has 0 amide bonds. The number of aliphatic carboxylic acids is 1. The Hall–Kier alpha value is -0.500. The summed E-state index contributed by atoms with van der Waals surface area (Å²) in [5.41, 5.74) is 0. The highest BCUT2D eigenvalue weighted by atomic mass is 31.2. The molecule has 0 saturated heterocycles. The summed E-state index contributed by atoms with van der Waals surface area (Å²) in [5, 5.41) is 19.5. The van der Waals surface area contributed by atoms with Crippen molar-refractivity contribution in [2.75, 3.05) is 19.7 Å². The third-order valence-electron chi connectivity index (χ3n) is 1.09. The number of phosphoric acid groups is 1. The van der Waals surface area contributed by atoms with Gasteiger partial charge in [0.25, 0.3) is 0 Å². The number of carboxylic acids is 1. The molecule has 0 aliphatic rings. The fourth-order valence-corrected chi connectivity index (χ4v) is 0.954. The Morgan fingerprint density at radius 2 is 2.07 bits per heavy atom. The normalized spacial score (nSPS) is 13.9. The molecular weight excluding hydrogens is 217 g/mol. The van der Waals surface area contributed by atoms with Crippen LogP contribution in [-0.2, 0) is 13.9 Å². The van der Waals surface area contributed by atoms with Crippen LogP contribution in [0.15, 0.2) is 0 Å². The molecule has 1 unspecified atom stereocenters. The lowest BCUT2D eigenvalue weighted by Gasteiger charge is -2.11. The van der Waals surface area contributed by atoms with Crippen LogP contribution < -0.4 is 5.32 Å².